The average molecular weight is 474 g/mol. The molecule has 8 heteroatoms. The highest BCUT2D eigenvalue weighted by Crippen LogP contribution is 2.28. The second-order valence-electron chi connectivity index (χ2n) is 7.63. The van der Waals surface area contributed by atoms with E-state index in [0.717, 1.165) is 35.4 Å². The normalized spacial score (nSPS) is 10.8. The Labute approximate surface area is 203 Å². The van der Waals surface area contributed by atoms with E-state index >= 15 is 0 Å². The quantitative estimate of drug-likeness (QED) is 0.345. The zero-order valence-corrected chi connectivity index (χ0v) is 20.1. The number of amides is 1. The third-order valence-electron chi connectivity index (χ3n) is 5.40. The van der Waals surface area contributed by atoms with E-state index < -0.39 is 0 Å². The molecular weight excluding hydrogens is 446 g/mol. The van der Waals surface area contributed by atoms with E-state index in [-0.39, 0.29) is 11.7 Å². The van der Waals surface area contributed by atoms with Crippen LogP contribution in [0, 0.1) is 0 Å². The number of aromatic nitrogens is 4. The summed E-state index contributed by atoms with van der Waals surface area (Å²) >= 11 is 1.37. The molecular formula is C26H27N5O2S. The second-order valence-corrected chi connectivity index (χ2v) is 8.58. The van der Waals surface area contributed by atoms with Gasteiger partial charge in [0.05, 0.1) is 12.9 Å². The largest absolute Gasteiger partial charge is 0.497 e. The van der Waals surface area contributed by atoms with Crippen LogP contribution in [0.4, 0.5) is 0 Å². The molecule has 0 bridgehead atoms. The molecule has 1 amide bonds. The van der Waals surface area contributed by atoms with Gasteiger partial charge in [-0.25, -0.2) is 0 Å². The fourth-order valence-corrected chi connectivity index (χ4v) is 4.27. The highest BCUT2D eigenvalue weighted by Gasteiger charge is 2.17. The Hall–Kier alpha value is -3.65. The first-order chi connectivity index (χ1) is 16.7. The number of methoxy groups -OCH3 is 1. The molecule has 0 saturated carbocycles. The number of hydrogen-bond donors (Lipinski definition) is 1. The number of nitrogens with one attached hydrogen (secondary N) is 1. The molecule has 0 unspecified atom stereocenters. The molecule has 0 fully saturated rings. The van der Waals surface area contributed by atoms with Crippen molar-refractivity contribution in [2.45, 2.75) is 24.9 Å². The molecule has 174 valence electrons. The standard InChI is InChI=1S/C26H27N5O2S/c1-3-19-4-8-22(9-5-19)31-25(21-13-15-27-16-14-21)29-30-26(31)34-18-24(32)28-17-12-20-6-10-23(33-2)11-7-20/h4-11,13-16H,3,12,17-18H2,1-2H3,(H,28,32). The smallest absolute Gasteiger partial charge is 0.230 e. The predicted octanol–water partition coefficient (Wildman–Crippen LogP) is 4.35. The van der Waals surface area contributed by atoms with Gasteiger partial charge in [0, 0.05) is 30.2 Å². The molecule has 0 saturated heterocycles. The lowest BCUT2D eigenvalue weighted by atomic mass is 10.1. The Morgan fingerprint density at radius 3 is 2.35 bits per heavy atom. The third-order valence-corrected chi connectivity index (χ3v) is 6.33. The molecule has 0 atom stereocenters. The number of pyridine rings is 1. The number of nitrogens with zero attached hydrogens (tertiary/aromatic N) is 4. The van der Waals surface area contributed by atoms with Crippen molar-refractivity contribution in [1.29, 1.82) is 0 Å². The van der Waals surface area contributed by atoms with Crippen LogP contribution in [0.5, 0.6) is 5.75 Å². The fraction of sp³-hybridized carbons (Fsp3) is 0.231. The van der Waals surface area contributed by atoms with E-state index in [4.69, 9.17) is 4.74 Å². The molecule has 2 heterocycles. The Balaban J connectivity index is 1.43. The van der Waals surface area contributed by atoms with Crippen molar-refractivity contribution in [3.05, 3.63) is 84.2 Å². The maximum atomic E-state index is 12.5. The molecule has 0 spiro atoms. The molecule has 34 heavy (non-hydrogen) atoms. The first-order valence-corrected chi connectivity index (χ1v) is 12.1. The molecule has 0 radical (unpaired) electrons. The second kappa shape index (κ2) is 11.5. The molecule has 7 nitrogen and oxygen atoms in total. The van der Waals surface area contributed by atoms with Gasteiger partial charge >= 0.3 is 0 Å². The summed E-state index contributed by atoms with van der Waals surface area (Å²) in [5, 5.41) is 12.5. The van der Waals surface area contributed by atoms with E-state index in [9.17, 15) is 4.79 Å². The van der Waals surface area contributed by atoms with Crippen molar-refractivity contribution >= 4 is 17.7 Å². The van der Waals surface area contributed by atoms with Crippen molar-refractivity contribution in [2.75, 3.05) is 19.4 Å². The molecule has 4 rings (SSSR count). The van der Waals surface area contributed by atoms with Crippen LogP contribution >= 0.6 is 11.8 Å². The molecule has 1 N–H and O–H groups in total. The van der Waals surface area contributed by atoms with E-state index in [1.54, 1.807) is 19.5 Å². The fourth-order valence-electron chi connectivity index (χ4n) is 3.48. The van der Waals surface area contributed by atoms with Gasteiger partial charge in [0.25, 0.3) is 0 Å². The van der Waals surface area contributed by atoms with Gasteiger partial charge in [-0.3, -0.25) is 14.3 Å². The van der Waals surface area contributed by atoms with Crippen LogP contribution in [0.25, 0.3) is 17.1 Å². The average Bonchev–Trinajstić information content (AvgIpc) is 3.32. The van der Waals surface area contributed by atoms with E-state index in [1.807, 2.05) is 41.0 Å². The van der Waals surface area contributed by atoms with E-state index in [2.05, 4.69) is 51.7 Å². The summed E-state index contributed by atoms with van der Waals surface area (Å²) in [7, 11) is 1.65. The van der Waals surface area contributed by atoms with Crippen molar-refractivity contribution in [1.82, 2.24) is 25.1 Å². The summed E-state index contributed by atoms with van der Waals surface area (Å²) in [5.74, 6) is 1.75. The molecule has 0 aliphatic rings. The van der Waals surface area contributed by atoms with Gasteiger partial charge in [0.1, 0.15) is 5.75 Å². The van der Waals surface area contributed by atoms with Gasteiger partial charge in [-0.05, 0) is 60.4 Å². The number of aryl methyl sites for hydroxylation is 1. The summed E-state index contributed by atoms with van der Waals surface area (Å²) in [4.78, 5) is 16.6. The zero-order valence-electron chi connectivity index (χ0n) is 19.3. The van der Waals surface area contributed by atoms with E-state index in [1.165, 1.54) is 17.3 Å². The summed E-state index contributed by atoms with van der Waals surface area (Å²) in [6.45, 7) is 2.70. The van der Waals surface area contributed by atoms with Gasteiger partial charge in [-0.2, -0.15) is 0 Å². The van der Waals surface area contributed by atoms with Gasteiger partial charge in [-0.1, -0.05) is 43.0 Å². The lowest BCUT2D eigenvalue weighted by molar-refractivity contribution is -0.118. The minimum absolute atomic E-state index is 0.0418. The third kappa shape index (κ3) is 5.82. The molecule has 2 aromatic carbocycles. The number of thioether (sulfide) groups is 1. The van der Waals surface area contributed by atoms with Crippen LogP contribution in [-0.2, 0) is 17.6 Å². The first-order valence-electron chi connectivity index (χ1n) is 11.2. The highest BCUT2D eigenvalue weighted by atomic mass is 32.2. The SMILES string of the molecule is CCc1ccc(-n2c(SCC(=O)NCCc3ccc(OC)cc3)nnc2-c2ccncc2)cc1. The van der Waals surface area contributed by atoms with Crippen LogP contribution in [0.1, 0.15) is 18.1 Å². The topological polar surface area (TPSA) is 81.9 Å². The molecule has 4 aromatic rings. The maximum Gasteiger partial charge on any atom is 0.230 e. The van der Waals surface area contributed by atoms with Crippen LogP contribution in [-0.4, -0.2) is 45.1 Å². The van der Waals surface area contributed by atoms with Crippen LogP contribution < -0.4 is 10.1 Å². The highest BCUT2D eigenvalue weighted by molar-refractivity contribution is 7.99. The van der Waals surface area contributed by atoms with Gasteiger partial charge in [-0.15, -0.1) is 10.2 Å². The zero-order chi connectivity index (χ0) is 23.8. The molecule has 2 aromatic heterocycles. The monoisotopic (exact) mass is 473 g/mol. The lowest BCUT2D eigenvalue weighted by Crippen LogP contribution is -2.27. The van der Waals surface area contributed by atoms with Crippen LogP contribution in [0.3, 0.4) is 0 Å². The number of rotatable bonds is 10. The van der Waals surface area contributed by atoms with E-state index in [0.29, 0.717) is 17.5 Å². The van der Waals surface area contributed by atoms with Crippen LogP contribution in [0.2, 0.25) is 0 Å². The van der Waals surface area contributed by atoms with Crippen molar-refractivity contribution in [2.24, 2.45) is 0 Å². The summed E-state index contributed by atoms with van der Waals surface area (Å²) in [5.41, 5.74) is 4.27. The number of ether oxygens (including phenoxy) is 1. The van der Waals surface area contributed by atoms with Crippen molar-refractivity contribution in [3.63, 3.8) is 0 Å². The minimum atomic E-state index is -0.0418. The Bertz CT molecular complexity index is 1210. The van der Waals surface area contributed by atoms with Gasteiger partial charge in [0.15, 0.2) is 11.0 Å². The number of hydrogen-bond acceptors (Lipinski definition) is 6. The van der Waals surface area contributed by atoms with Gasteiger partial charge < -0.3 is 10.1 Å². The Morgan fingerprint density at radius 2 is 1.68 bits per heavy atom. The first kappa shape index (κ1) is 23.5. The summed E-state index contributed by atoms with van der Waals surface area (Å²) in [6.07, 6.45) is 5.19. The molecule has 0 aliphatic heterocycles. The maximum absolute atomic E-state index is 12.5. The number of benzene rings is 2. The number of carbonyl (C=O) groups is 1. The van der Waals surface area contributed by atoms with Crippen LogP contribution in [0.15, 0.2) is 78.2 Å². The Morgan fingerprint density at radius 1 is 0.971 bits per heavy atom. The lowest BCUT2D eigenvalue weighted by Gasteiger charge is -2.11. The Kier molecular flexibility index (Phi) is 7.93. The summed E-state index contributed by atoms with van der Waals surface area (Å²) < 4.78 is 7.17. The van der Waals surface area contributed by atoms with Crippen molar-refractivity contribution < 1.29 is 9.53 Å². The number of carbonyl (C=O) groups excluding carboxylic acids is 1. The predicted molar refractivity (Wildman–Crippen MR) is 134 cm³/mol. The van der Waals surface area contributed by atoms with Crippen molar-refractivity contribution in [3.8, 4) is 22.8 Å². The summed E-state index contributed by atoms with van der Waals surface area (Å²) in [6, 6.07) is 20.0. The minimum Gasteiger partial charge on any atom is -0.497 e. The molecule has 0 aliphatic carbocycles. The van der Waals surface area contributed by atoms with Gasteiger partial charge in [0.2, 0.25) is 5.91 Å².